The third kappa shape index (κ3) is 3.72. The lowest BCUT2D eigenvalue weighted by atomic mass is 9.88. The van der Waals surface area contributed by atoms with Crippen LogP contribution in [-0.4, -0.2) is 25.1 Å². The van der Waals surface area contributed by atoms with Crippen LogP contribution in [0.5, 0.6) is 0 Å². The summed E-state index contributed by atoms with van der Waals surface area (Å²) in [6.07, 6.45) is 3.51. The fraction of sp³-hybridized carbons (Fsp3) is 0.706. The zero-order valence-electron chi connectivity index (χ0n) is 13.4. The van der Waals surface area contributed by atoms with Gasteiger partial charge in [0.05, 0.1) is 0 Å². The van der Waals surface area contributed by atoms with E-state index in [1.54, 1.807) is 0 Å². The summed E-state index contributed by atoms with van der Waals surface area (Å²) in [6.45, 7) is 10.2. The van der Waals surface area contributed by atoms with E-state index in [4.69, 9.17) is 4.98 Å². The molecular formula is C17H29N3. The normalized spacial score (nSPS) is 23.1. The van der Waals surface area contributed by atoms with E-state index in [1.807, 2.05) is 7.05 Å². The largest absolute Gasteiger partial charge is 0.356 e. The van der Waals surface area contributed by atoms with Crippen molar-refractivity contribution in [1.29, 1.82) is 0 Å². The number of aromatic nitrogens is 1. The van der Waals surface area contributed by atoms with E-state index in [2.05, 4.69) is 43.1 Å². The van der Waals surface area contributed by atoms with Gasteiger partial charge in [-0.05, 0) is 49.4 Å². The van der Waals surface area contributed by atoms with Gasteiger partial charge in [-0.15, -0.1) is 0 Å². The van der Waals surface area contributed by atoms with Crippen molar-refractivity contribution >= 4 is 5.82 Å². The van der Waals surface area contributed by atoms with Crippen LogP contribution in [-0.2, 0) is 13.0 Å². The standard InChI is InChI=1S/C17H29N3/c1-5-6-16-9-15(11-18-4)10-17(19-16)20-8-7-13(2)14(3)12-20/h9-10,13-14,18H,5-8,11-12H2,1-4H3. The summed E-state index contributed by atoms with van der Waals surface area (Å²) in [5.74, 6) is 2.77. The number of nitrogens with one attached hydrogen (secondary N) is 1. The van der Waals surface area contributed by atoms with E-state index in [0.717, 1.165) is 44.3 Å². The van der Waals surface area contributed by atoms with Gasteiger partial charge in [-0.3, -0.25) is 0 Å². The highest BCUT2D eigenvalue weighted by atomic mass is 15.2. The predicted octanol–water partition coefficient (Wildman–Crippen LogP) is 3.24. The Balaban J connectivity index is 2.20. The van der Waals surface area contributed by atoms with Crippen molar-refractivity contribution in [2.75, 3.05) is 25.0 Å². The second-order valence-corrected chi connectivity index (χ2v) is 6.29. The molecule has 0 aromatic carbocycles. The number of aryl methyl sites for hydroxylation is 1. The Morgan fingerprint density at radius 3 is 2.75 bits per heavy atom. The van der Waals surface area contributed by atoms with Gasteiger partial charge in [0.15, 0.2) is 0 Å². The smallest absolute Gasteiger partial charge is 0.129 e. The van der Waals surface area contributed by atoms with Crippen LogP contribution in [0.2, 0.25) is 0 Å². The lowest BCUT2D eigenvalue weighted by Gasteiger charge is -2.36. The SMILES string of the molecule is CCCc1cc(CNC)cc(N2CCC(C)C(C)C2)n1. The average Bonchev–Trinajstić information content (AvgIpc) is 2.42. The van der Waals surface area contributed by atoms with Crippen molar-refractivity contribution in [1.82, 2.24) is 10.3 Å². The average molecular weight is 275 g/mol. The molecule has 2 rings (SSSR count). The number of hydrogen-bond acceptors (Lipinski definition) is 3. The van der Waals surface area contributed by atoms with Crippen LogP contribution in [0.3, 0.4) is 0 Å². The minimum Gasteiger partial charge on any atom is -0.356 e. The van der Waals surface area contributed by atoms with E-state index in [9.17, 15) is 0 Å². The van der Waals surface area contributed by atoms with Crippen LogP contribution >= 0.6 is 0 Å². The van der Waals surface area contributed by atoms with E-state index in [-0.39, 0.29) is 0 Å². The molecule has 1 saturated heterocycles. The molecule has 0 radical (unpaired) electrons. The van der Waals surface area contributed by atoms with Crippen molar-refractivity contribution < 1.29 is 0 Å². The molecule has 1 fully saturated rings. The highest BCUT2D eigenvalue weighted by Gasteiger charge is 2.23. The Kier molecular flexibility index (Phi) is 5.41. The molecule has 20 heavy (non-hydrogen) atoms. The molecule has 0 bridgehead atoms. The van der Waals surface area contributed by atoms with E-state index >= 15 is 0 Å². The first kappa shape index (κ1) is 15.3. The third-order valence-corrected chi connectivity index (χ3v) is 4.47. The maximum Gasteiger partial charge on any atom is 0.129 e. The lowest BCUT2D eigenvalue weighted by Crippen LogP contribution is -2.39. The van der Waals surface area contributed by atoms with Gasteiger partial charge in [-0.1, -0.05) is 27.2 Å². The molecule has 0 aliphatic carbocycles. The van der Waals surface area contributed by atoms with Crippen LogP contribution in [0.15, 0.2) is 12.1 Å². The predicted molar refractivity (Wildman–Crippen MR) is 86.2 cm³/mol. The molecule has 2 atom stereocenters. The Morgan fingerprint density at radius 1 is 1.30 bits per heavy atom. The molecule has 1 aliphatic heterocycles. The summed E-state index contributed by atoms with van der Waals surface area (Å²) in [4.78, 5) is 7.36. The summed E-state index contributed by atoms with van der Waals surface area (Å²) in [5.41, 5.74) is 2.59. The Hall–Kier alpha value is -1.09. The Morgan fingerprint density at radius 2 is 2.10 bits per heavy atom. The van der Waals surface area contributed by atoms with Crippen molar-refractivity contribution in [3.8, 4) is 0 Å². The van der Waals surface area contributed by atoms with Crippen molar-refractivity contribution in [2.45, 2.75) is 46.6 Å². The zero-order chi connectivity index (χ0) is 14.5. The zero-order valence-corrected chi connectivity index (χ0v) is 13.4. The molecule has 3 heteroatoms. The van der Waals surface area contributed by atoms with Crippen LogP contribution in [0.25, 0.3) is 0 Å². The van der Waals surface area contributed by atoms with E-state index < -0.39 is 0 Å². The highest BCUT2D eigenvalue weighted by molar-refractivity contribution is 5.43. The summed E-state index contributed by atoms with van der Waals surface area (Å²) in [5, 5.41) is 3.25. The maximum atomic E-state index is 4.89. The van der Waals surface area contributed by atoms with Gasteiger partial charge >= 0.3 is 0 Å². The van der Waals surface area contributed by atoms with E-state index in [1.165, 1.54) is 23.5 Å². The monoisotopic (exact) mass is 275 g/mol. The third-order valence-electron chi connectivity index (χ3n) is 4.47. The fourth-order valence-electron chi connectivity index (χ4n) is 2.96. The summed E-state index contributed by atoms with van der Waals surface area (Å²) in [6, 6.07) is 4.51. The maximum absolute atomic E-state index is 4.89. The summed E-state index contributed by atoms with van der Waals surface area (Å²) < 4.78 is 0. The molecule has 1 aromatic heterocycles. The molecule has 1 aromatic rings. The van der Waals surface area contributed by atoms with Crippen LogP contribution in [0, 0.1) is 11.8 Å². The van der Waals surface area contributed by atoms with Crippen molar-refractivity contribution in [3.63, 3.8) is 0 Å². The number of piperidine rings is 1. The van der Waals surface area contributed by atoms with Crippen molar-refractivity contribution in [3.05, 3.63) is 23.4 Å². The van der Waals surface area contributed by atoms with Crippen LogP contribution in [0.1, 0.15) is 44.9 Å². The summed E-state index contributed by atoms with van der Waals surface area (Å²) in [7, 11) is 2.00. The molecule has 1 aliphatic rings. The van der Waals surface area contributed by atoms with Gasteiger partial charge in [0.2, 0.25) is 0 Å². The van der Waals surface area contributed by atoms with Crippen molar-refractivity contribution in [2.24, 2.45) is 11.8 Å². The molecule has 112 valence electrons. The molecule has 2 heterocycles. The van der Waals surface area contributed by atoms with Gasteiger partial charge in [0, 0.05) is 25.3 Å². The number of pyridine rings is 1. The lowest BCUT2D eigenvalue weighted by molar-refractivity contribution is 0.322. The summed E-state index contributed by atoms with van der Waals surface area (Å²) >= 11 is 0. The van der Waals surface area contributed by atoms with Gasteiger partial charge in [-0.25, -0.2) is 4.98 Å². The van der Waals surface area contributed by atoms with Crippen LogP contribution in [0.4, 0.5) is 5.82 Å². The van der Waals surface area contributed by atoms with Crippen LogP contribution < -0.4 is 10.2 Å². The fourth-order valence-corrected chi connectivity index (χ4v) is 2.96. The number of nitrogens with zero attached hydrogens (tertiary/aromatic N) is 2. The molecule has 1 N–H and O–H groups in total. The van der Waals surface area contributed by atoms with Gasteiger partial charge in [0.1, 0.15) is 5.82 Å². The highest BCUT2D eigenvalue weighted by Crippen LogP contribution is 2.26. The Labute approximate surface area is 123 Å². The second-order valence-electron chi connectivity index (χ2n) is 6.29. The minimum atomic E-state index is 0.758. The number of rotatable bonds is 5. The second kappa shape index (κ2) is 7.07. The van der Waals surface area contributed by atoms with Gasteiger partial charge in [0.25, 0.3) is 0 Å². The molecule has 0 saturated carbocycles. The first-order valence-corrected chi connectivity index (χ1v) is 8.03. The first-order valence-electron chi connectivity index (χ1n) is 8.03. The quantitative estimate of drug-likeness (QED) is 0.894. The minimum absolute atomic E-state index is 0.758. The van der Waals surface area contributed by atoms with E-state index in [0.29, 0.717) is 0 Å². The molecule has 3 nitrogen and oxygen atoms in total. The molecule has 0 spiro atoms. The molecular weight excluding hydrogens is 246 g/mol. The topological polar surface area (TPSA) is 28.2 Å². The van der Waals surface area contributed by atoms with Gasteiger partial charge in [-0.2, -0.15) is 0 Å². The Bertz CT molecular complexity index is 406. The molecule has 2 unspecified atom stereocenters. The number of anilines is 1. The molecule has 0 amide bonds. The van der Waals surface area contributed by atoms with Gasteiger partial charge < -0.3 is 10.2 Å². The first-order chi connectivity index (χ1) is 9.63. The number of hydrogen-bond donors (Lipinski definition) is 1.